The van der Waals surface area contributed by atoms with Gasteiger partial charge in [0.1, 0.15) is 5.76 Å². The number of hydrogen-bond acceptors (Lipinski definition) is 6. The number of allylic oxidation sites excluding steroid dienone is 1. The molecule has 0 radical (unpaired) electrons. The maximum Gasteiger partial charge on any atom is 0.355 e. The zero-order valence-electron chi connectivity index (χ0n) is 12.9. The van der Waals surface area contributed by atoms with Crippen LogP contribution in [0.2, 0.25) is 5.02 Å². The second kappa shape index (κ2) is 6.34. The number of ether oxygens (including phenoxy) is 1. The number of hydrogen-bond donors (Lipinski definition) is 1. The Bertz CT molecular complexity index is 1020. The minimum Gasteiger partial charge on any atom is -0.476 e. The van der Waals surface area contributed by atoms with Gasteiger partial charge < -0.3 is 9.84 Å². The first-order valence-corrected chi connectivity index (χ1v) is 9.10. The van der Waals surface area contributed by atoms with Gasteiger partial charge in [0.25, 0.3) is 0 Å². The van der Waals surface area contributed by atoms with Gasteiger partial charge in [-0.05, 0) is 24.6 Å². The van der Waals surface area contributed by atoms with Crippen molar-refractivity contribution >= 4 is 27.4 Å². The molecule has 0 bridgehead atoms. The van der Waals surface area contributed by atoms with Crippen molar-refractivity contribution in [3.05, 3.63) is 57.3 Å². The van der Waals surface area contributed by atoms with Crippen LogP contribution in [-0.2, 0) is 16.3 Å². The summed E-state index contributed by atoms with van der Waals surface area (Å²) in [5, 5.41) is 15.8. The smallest absolute Gasteiger partial charge is 0.355 e. The van der Waals surface area contributed by atoms with Gasteiger partial charge in [0.15, 0.2) is 21.3 Å². The van der Waals surface area contributed by atoms with E-state index < -0.39 is 15.8 Å². The van der Waals surface area contributed by atoms with Crippen molar-refractivity contribution in [2.75, 3.05) is 0 Å². The Morgan fingerprint density at radius 1 is 1.44 bits per heavy atom. The minimum atomic E-state index is -3.47. The lowest BCUT2D eigenvalue weighted by molar-refractivity contribution is 0.0685. The first-order valence-electron chi connectivity index (χ1n) is 7.11. The number of carboxylic acid groups (broad SMARTS) is 1. The Kier molecular flexibility index (Phi) is 4.36. The van der Waals surface area contributed by atoms with Gasteiger partial charge in [-0.1, -0.05) is 18.5 Å². The van der Waals surface area contributed by atoms with E-state index in [2.05, 4.69) is 10.1 Å². The Morgan fingerprint density at radius 3 is 2.76 bits per heavy atom. The van der Waals surface area contributed by atoms with Crippen LogP contribution in [0.5, 0.6) is 5.88 Å². The van der Waals surface area contributed by atoms with E-state index in [1.165, 1.54) is 12.3 Å². The Hall–Kier alpha value is -2.65. The van der Waals surface area contributed by atoms with Crippen LogP contribution in [-0.4, -0.2) is 34.3 Å². The van der Waals surface area contributed by atoms with E-state index in [0.717, 1.165) is 15.5 Å². The van der Waals surface area contributed by atoms with Crippen LogP contribution in [0.3, 0.4) is 0 Å². The minimum absolute atomic E-state index is 0.0189. The maximum atomic E-state index is 11.7. The monoisotopic (exact) mass is 381 g/mol. The molecule has 3 rings (SSSR count). The lowest BCUT2D eigenvalue weighted by Crippen LogP contribution is -2.11. The molecule has 0 saturated heterocycles. The molecule has 0 unspecified atom stereocenters. The van der Waals surface area contributed by atoms with E-state index in [1.807, 2.05) is 0 Å². The topological polar surface area (TPSA) is 111 Å². The number of rotatable bonds is 5. The molecule has 8 nitrogen and oxygen atoms in total. The summed E-state index contributed by atoms with van der Waals surface area (Å²) in [6.07, 6.45) is 3.02. The fourth-order valence-electron chi connectivity index (χ4n) is 2.31. The van der Waals surface area contributed by atoms with Gasteiger partial charge >= 0.3 is 5.97 Å². The fraction of sp³-hybridized carbons (Fsp3) is 0.133. The number of aromatic nitrogens is 3. The number of aromatic carboxylic acids is 1. The number of carboxylic acids is 1. The molecule has 1 N–H and O–H groups in total. The second-order valence-corrected chi connectivity index (χ2v) is 7.12. The van der Waals surface area contributed by atoms with Crippen molar-refractivity contribution in [2.45, 2.75) is 13.3 Å². The van der Waals surface area contributed by atoms with Gasteiger partial charge in [-0.25, -0.2) is 22.9 Å². The molecule has 0 fully saturated rings. The summed E-state index contributed by atoms with van der Waals surface area (Å²) in [6.45, 7) is 1.73. The number of halogens is 1. The standard InChI is InChI=1S/C15H12ClN3O5S/c1-2-10-12(15(20)21)19(13-11(16)4-3-6-17-13)18-14(10)24-9-5-7-25(22,23)8-9/h3-8H,2H2,1H3,(H,20,21). The van der Waals surface area contributed by atoms with Gasteiger partial charge in [-0.2, -0.15) is 0 Å². The van der Waals surface area contributed by atoms with E-state index in [-0.39, 0.29) is 28.2 Å². The molecule has 1 aliphatic heterocycles. The van der Waals surface area contributed by atoms with E-state index in [9.17, 15) is 18.3 Å². The highest BCUT2D eigenvalue weighted by atomic mass is 35.5. The SMILES string of the molecule is CCc1c(OC2=CS(=O)(=O)C=C2)nn(-c2ncccc2Cl)c1C(=O)O. The molecule has 2 aromatic rings. The van der Waals surface area contributed by atoms with Crippen LogP contribution < -0.4 is 4.74 Å². The third-order valence-electron chi connectivity index (χ3n) is 3.36. The summed E-state index contributed by atoms with van der Waals surface area (Å²) in [4.78, 5) is 15.8. The quantitative estimate of drug-likeness (QED) is 0.845. The lowest BCUT2D eigenvalue weighted by Gasteiger charge is -2.05. The van der Waals surface area contributed by atoms with Crippen LogP contribution in [0.1, 0.15) is 23.0 Å². The highest BCUT2D eigenvalue weighted by molar-refractivity contribution is 7.97. The molecule has 0 aromatic carbocycles. The van der Waals surface area contributed by atoms with Crippen LogP contribution >= 0.6 is 11.6 Å². The molecule has 3 heterocycles. The van der Waals surface area contributed by atoms with Crippen LogP contribution in [0.4, 0.5) is 0 Å². The molecule has 25 heavy (non-hydrogen) atoms. The molecule has 0 amide bonds. The van der Waals surface area contributed by atoms with Gasteiger partial charge in [0.2, 0.25) is 5.88 Å². The van der Waals surface area contributed by atoms with Gasteiger partial charge in [0, 0.05) is 17.2 Å². The average Bonchev–Trinajstić information content (AvgIpc) is 3.07. The van der Waals surface area contributed by atoms with E-state index in [1.54, 1.807) is 19.1 Å². The van der Waals surface area contributed by atoms with E-state index in [0.29, 0.717) is 12.0 Å². The average molecular weight is 382 g/mol. The summed E-state index contributed by atoms with van der Waals surface area (Å²) in [5.74, 6) is -1.07. The van der Waals surface area contributed by atoms with Crippen molar-refractivity contribution in [3.63, 3.8) is 0 Å². The third kappa shape index (κ3) is 3.28. The van der Waals surface area contributed by atoms with Gasteiger partial charge in [-0.3, -0.25) is 0 Å². The Labute approximate surface area is 147 Å². The van der Waals surface area contributed by atoms with E-state index in [4.69, 9.17) is 16.3 Å². The van der Waals surface area contributed by atoms with Crippen molar-refractivity contribution < 1.29 is 23.1 Å². The van der Waals surface area contributed by atoms with E-state index >= 15 is 0 Å². The van der Waals surface area contributed by atoms with Crippen molar-refractivity contribution in [3.8, 4) is 11.7 Å². The first kappa shape index (κ1) is 17.2. The lowest BCUT2D eigenvalue weighted by atomic mass is 10.2. The highest BCUT2D eigenvalue weighted by Gasteiger charge is 2.27. The zero-order valence-corrected chi connectivity index (χ0v) is 14.5. The summed E-state index contributed by atoms with van der Waals surface area (Å²) < 4.78 is 29.5. The molecule has 10 heteroatoms. The molecule has 0 spiro atoms. The molecular formula is C15H12ClN3O5S. The molecule has 1 aliphatic rings. The largest absolute Gasteiger partial charge is 0.476 e. The molecule has 0 saturated carbocycles. The highest BCUT2D eigenvalue weighted by Crippen LogP contribution is 2.29. The normalized spacial score (nSPS) is 15.2. The van der Waals surface area contributed by atoms with Gasteiger partial charge in [0.05, 0.1) is 10.4 Å². The number of sulfone groups is 1. The van der Waals surface area contributed by atoms with Gasteiger partial charge in [-0.15, -0.1) is 5.10 Å². The number of carbonyl (C=O) groups is 1. The summed E-state index contributed by atoms with van der Waals surface area (Å²) in [7, 11) is -3.47. The predicted molar refractivity (Wildman–Crippen MR) is 89.5 cm³/mol. The van der Waals surface area contributed by atoms with Crippen LogP contribution in [0.25, 0.3) is 5.82 Å². The molecule has 0 atom stereocenters. The summed E-state index contributed by atoms with van der Waals surface area (Å²) in [5.41, 5.74) is 0.149. The molecule has 2 aromatic heterocycles. The fourth-order valence-corrected chi connectivity index (χ4v) is 3.36. The van der Waals surface area contributed by atoms with Crippen molar-refractivity contribution in [2.24, 2.45) is 0 Å². The Morgan fingerprint density at radius 2 is 2.20 bits per heavy atom. The van der Waals surface area contributed by atoms with Crippen molar-refractivity contribution in [1.29, 1.82) is 0 Å². The molecular weight excluding hydrogens is 370 g/mol. The number of nitrogens with zero attached hydrogens (tertiary/aromatic N) is 3. The number of pyridine rings is 1. The van der Waals surface area contributed by atoms with Crippen LogP contribution in [0.15, 0.2) is 41.0 Å². The van der Waals surface area contributed by atoms with Crippen LogP contribution in [0, 0.1) is 0 Å². The summed E-state index contributed by atoms with van der Waals surface area (Å²) >= 11 is 6.09. The summed E-state index contributed by atoms with van der Waals surface area (Å²) in [6, 6.07) is 3.16. The van der Waals surface area contributed by atoms with Crippen molar-refractivity contribution in [1.82, 2.24) is 14.8 Å². The third-order valence-corrected chi connectivity index (χ3v) is 4.73. The zero-order chi connectivity index (χ0) is 18.2. The Balaban J connectivity index is 2.15. The predicted octanol–water partition coefficient (Wildman–Crippen LogP) is 2.34. The second-order valence-electron chi connectivity index (χ2n) is 5.03. The maximum absolute atomic E-state index is 11.7. The first-order chi connectivity index (χ1) is 11.8. The molecule has 0 aliphatic carbocycles. The molecule has 130 valence electrons.